The summed E-state index contributed by atoms with van der Waals surface area (Å²) >= 11 is 0. The molecule has 0 radical (unpaired) electrons. The highest BCUT2D eigenvalue weighted by atomic mass is 16.3. The van der Waals surface area contributed by atoms with E-state index in [2.05, 4.69) is 0 Å². The molecule has 1 rings (SSSR count). The van der Waals surface area contributed by atoms with E-state index in [1.54, 1.807) is 11.8 Å². The molecule has 0 unspecified atom stereocenters. The maximum Gasteiger partial charge on any atom is 0.239 e. The molecule has 0 saturated heterocycles. The first-order chi connectivity index (χ1) is 7.16. The molecular formula is C11H22N2O2. The molecular weight excluding hydrogens is 192 g/mol. The van der Waals surface area contributed by atoms with E-state index in [-0.39, 0.29) is 12.5 Å². The van der Waals surface area contributed by atoms with Crippen LogP contribution in [0.25, 0.3) is 0 Å². The molecule has 1 amide bonds. The Morgan fingerprint density at radius 1 is 1.47 bits per heavy atom. The highest BCUT2D eigenvalue weighted by molar-refractivity contribution is 5.81. The lowest BCUT2D eigenvalue weighted by Gasteiger charge is -2.35. The third kappa shape index (κ3) is 3.47. The van der Waals surface area contributed by atoms with Crippen LogP contribution in [0.5, 0.6) is 0 Å². The zero-order valence-corrected chi connectivity index (χ0v) is 9.48. The van der Waals surface area contributed by atoms with Crippen LogP contribution < -0.4 is 5.73 Å². The van der Waals surface area contributed by atoms with E-state index in [9.17, 15) is 4.79 Å². The molecule has 4 nitrogen and oxygen atoms in total. The minimum Gasteiger partial charge on any atom is -0.395 e. The van der Waals surface area contributed by atoms with Crippen LogP contribution >= 0.6 is 0 Å². The largest absolute Gasteiger partial charge is 0.395 e. The average molecular weight is 214 g/mol. The first kappa shape index (κ1) is 12.5. The lowest BCUT2D eigenvalue weighted by atomic mass is 9.94. The van der Waals surface area contributed by atoms with Gasteiger partial charge in [0.15, 0.2) is 0 Å². The van der Waals surface area contributed by atoms with E-state index >= 15 is 0 Å². The fraction of sp³-hybridized carbons (Fsp3) is 0.909. The summed E-state index contributed by atoms with van der Waals surface area (Å²) in [4.78, 5) is 13.6. The van der Waals surface area contributed by atoms with Crippen molar-refractivity contribution in [3.8, 4) is 0 Å². The number of aliphatic hydroxyl groups is 1. The monoisotopic (exact) mass is 214 g/mol. The van der Waals surface area contributed by atoms with Crippen LogP contribution in [0.3, 0.4) is 0 Å². The predicted octanol–water partition coefficient (Wildman–Crippen LogP) is 0.487. The van der Waals surface area contributed by atoms with Gasteiger partial charge in [0, 0.05) is 12.6 Å². The van der Waals surface area contributed by atoms with Crippen molar-refractivity contribution in [2.75, 3.05) is 13.2 Å². The van der Waals surface area contributed by atoms with Gasteiger partial charge in [0.05, 0.1) is 12.6 Å². The molecule has 15 heavy (non-hydrogen) atoms. The third-order valence-electron chi connectivity index (χ3n) is 3.03. The van der Waals surface area contributed by atoms with Crippen molar-refractivity contribution in [1.29, 1.82) is 0 Å². The van der Waals surface area contributed by atoms with Gasteiger partial charge in [-0.2, -0.15) is 0 Å². The van der Waals surface area contributed by atoms with Gasteiger partial charge in [-0.3, -0.25) is 4.79 Å². The Hall–Kier alpha value is -0.610. The summed E-state index contributed by atoms with van der Waals surface area (Å²) < 4.78 is 0. The molecule has 0 heterocycles. The van der Waals surface area contributed by atoms with Crippen LogP contribution in [0.1, 0.15) is 39.0 Å². The fourth-order valence-electron chi connectivity index (χ4n) is 2.23. The summed E-state index contributed by atoms with van der Waals surface area (Å²) in [5.74, 6) is -0.0315. The van der Waals surface area contributed by atoms with Gasteiger partial charge in [-0.15, -0.1) is 0 Å². The fourth-order valence-corrected chi connectivity index (χ4v) is 2.23. The zero-order chi connectivity index (χ0) is 11.3. The van der Waals surface area contributed by atoms with Gasteiger partial charge in [0.25, 0.3) is 0 Å². The summed E-state index contributed by atoms with van der Waals surface area (Å²) in [7, 11) is 0. The molecule has 1 aliphatic carbocycles. The van der Waals surface area contributed by atoms with Crippen LogP contribution in [-0.4, -0.2) is 41.1 Å². The van der Waals surface area contributed by atoms with E-state index < -0.39 is 6.04 Å². The molecule has 0 aromatic heterocycles. The van der Waals surface area contributed by atoms with Gasteiger partial charge >= 0.3 is 0 Å². The van der Waals surface area contributed by atoms with Crippen molar-refractivity contribution in [3.05, 3.63) is 0 Å². The average Bonchev–Trinajstić information content (AvgIpc) is 2.26. The number of nitrogens with two attached hydrogens (primary N) is 1. The second-order valence-corrected chi connectivity index (χ2v) is 4.34. The molecule has 1 atom stereocenters. The number of aliphatic hydroxyl groups excluding tert-OH is 1. The maximum absolute atomic E-state index is 11.8. The normalized spacial score (nSPS) is 19.9. The molecule has 0 aromatic rings. The Bertz CT molecular complexity index is 201. The smallest absolute Gasteiger partial charge is 0.239 e. The van der Waals surface area contributed by atoms with Crippen molar-refractivity contribution in [2.24, 2.45) is 5.73 Å². The van der Waals surface area contributed by atoms with Crippen molar-refractivity contribution in [2.45, 2.75) is 51.1 Å². The second-order valence-electron chi connectivity index (χ2n) is 4.34. The van der Waals surface area contributed by atoms with Gasteiger partial charge in [0.2, 0.25) is 5.91 Å². The van der Waals surface area contributed by atoms with Crippen molar-refractivity contribution < 1.29 is 9.90 Å². The Labute approximate surface area is 91.4 Å². The molecule has 1 aliphatic rings. The van der Waals surface area contributed by atoms with Gasteiger partial charge in [-0.1, -0.05) is 19.3 Å². The Balaban J connectivity index is 2.58. The van der Waals surface area contributed by atoms with E-state index in [1.807, 2.05) is 0 Å². The van der Waals surface area contributed by atoms with Gasteiger partial charge in [0.1, 0.15) is 0 Å². The van der Waals surface area contributed by atoms with Crippen molar-refractivity contribution in [1.82, 2.24) is 4.90 Å². The number of hydrogen-bond donors (Lipinski definition) is 2. The van der Waals surface area contributed by atoms with Crippen LogP contribution in [-0.2, 0) is 4.79 Å². The summed E-state index contributed by atoms with van der Waals surface area (Å²) in [6.07, 6.45) is 5.73. The summed E-state index contributed by atoms with van der Waals surface area (Å²) in [5.41, 5.74) is 5.60. The number of carbonyl (C=O) groups is 1. The SMILES string of the molecule is C[C@H](N)C(=O)N(CCO)C1CCCCC1. The molecule has 0 spiro atoms. The van der Waals surface area contributed by atoms with E-state index in [0.29, 0.717) is 12.6 Å². The van der Waals surface area contributed by atoms with Crippen molar-refractivity contribution in [3.63, 3.8) is 0 Å². The summed E-state index contributed by atoms with van der Waals surface area (Å²) in [5, 5.41) is 8.96. The van der Waals surface area contributed by atoms with Crippen LogP contribution in [0.2, 0.25) is 0 Å². The Morgan fingerprint density at radius 2 is 2.07 bits per heavy atom. The highest BCUT2D eigenvalue weighted by Gasteiger charge is 2.26. The highest BCUT2D eigenvalue weighted by Crippen LogP contribution is 2.22. The number of hydrogen-bond acceptors (Lipinski definition) is 3. The Morgan fingerprint density at radius 3 is 2.53 bits per heavy atom. The number of nitrogens with zero attached hydrogens (tertiary/aromatic N) is 1. The third-order valence-corrected chi connectivity index (χ3v) is 3.03. The topological polar surface area (TPSA) is 66.6 Å². The molecule has 0 aliphatic heterocycles. The van der Waals surface area contributed by atoms with E-state index in [0.717, 1.165) is 12.8 Å². The summed E-state index contributed by atoms with van der Waals surface area (Å²) in [6.45, 7) is 2.15. The van der Waals surface area contributed by atoms with Crippen LogP contribution in [0.15, 0.2) is 0 Å². The van der Waals surface area contributed by atoms with E-state index in [1.165, 1.54) is 19.3 Å². The van der Waals surface area contributed by atoms with E-state index in [4.69, 9.17) is 10.8 Å². The van der Waals surface area contributed by atoms with Crippen LogP contribution in [0.4, 0.5) is 0 Å². The summed E-state index contributed by atoms with van der Waals surface area (Å²) in [6, 6.07) is -0.164. The Kier molecular flexibility index (Phi) is 5.05. The lowest BCUT2D eigenvalue weighted by molar-refractivity contribution is -0.135. The predicted molar refractivity (Wildman–Crippen MR) is 59.3 cm³/mol. The minimum atomic E-state index is -0.460. The van der Waals surface area contributed by atoms with Crippen molar-refractivity contribution >= 4 is 5.91 Å². The number of rotatable bonds is 4. The molecule has 4 heteroatoms. The maximum atomic E-state index is 11.8. The standard InChI is InChI=1S/C11H22N2O2/c1-9(12)11(15)13(7-8-14)10-5-3-2-4-6-10/h9-10,14H,2-8,12H2,1H3/t9-/m0/s1. The van der Waals surface area contributed by atoms with Crippen LogP contribution in [0, 0.1) is 0 Å². The minimum absolute atomic E-state index is 0.0228. The molecule has 3 N–H and O–H groups in total. The molecule has 1 fully saturated rings. The molecule has 88 valence electrons. The molecule has 0 aromatic carbocycles. The van der Waals surface area contributed by atoms with Gasteiger partial charge < -0.3 is 15.7 Å². The van der Waals surface area contributed by atoms with Gasteiger partial charge in [-0.05, 0) is 19.8 Å². The number of carbonyl (C=O) groups excluding carboxylic acids is 1. The zero-order valence-electron chi connectivity index (χ0n) is 9.48. The lowest BCUT2D eigenvalue weighted by Crippen LogP contribution is -2.49. The second kappa shape index (κ2) is 6.08. The quantitative estimate of drug-likeness (QED) is 0.715. The van der Waals surface area contributed by atoms with Gasteiger partial charge in [-0.25, -0.2) is 0 Å². The molecule has 0 bridgehead atoms. The molecule has 1 saturated carbocycles. The first-order valence-corrected chi connectivity index (χ1v) is 5.83. The first-order valence-electron chi connectivity index (χ1n) is 5.83. The number of amides is 1.